The average molecular weight is 386 g/mol. The van der Waals surface area contributed by atoms with E-state index in [1.807, 2.05) is 6.08 Å². The Morgan fingerprint density at radius 3 is 2.17 bits per heavy atom. The molecule has 29 heavy (non-hydrogen) atoms. The average Bonchev–Trinajstić information content (AvgIpc) is 2.73. The van der Waals surface area contributed by atoms with Gasteiger partial charge in [0.15, 0.2) is 0 Å². The monoisotopic (exact) mass is 385 g/mol. The molecule has 3 atom stereocenters. The second kappa shape index (κ2) is 7.82. The third-order valence-electron chi connectivity index (χ3n) is 6.51. The molecule has 2 aliphatic rings. The maximum absolute atomic E-state index is 9.98. The third-order valence-corrected chi connectivity index (χ3v) is 6.51. The lowest BCUT2D eigenvalue weighted by Gasteiger charge is -2.48. The van der Waals surface area contributed by atoms with Crippen LogP contribution in [0.25, 0.3) is 0 Å². The van der Waals surface area contributed by atoms with Gasteiger partial charge in [0.2, 0.25) is 5.41 Å². The van der Waals surface area contributed by atoms with Gasteiger partial charge in [-0.2, -0.15) is 15.8 Å². The molecule has 5 heteroatoms. The van der Waals surface area contributed by atoms with Gasteiger partial charge in [-0.3, -0.25) is 4.90 Å². The Hall–Kier alpha value is -2.94. The van der Waals surface area contributed by atoms with Crippen LogP contribution in [-0.4, -0.2) is 29.7 Å². The number of fused-ring (bicyclic) bond motifs is 1. The van der Waals surface area contributed by atoms with Crippen molar-refractivity contribution in [1.29, 1.82) is 21.2 Å². The third kappa shape index (κ3) is 3.25. The largest absolute Gasteiger partial charge is 0.305 e. The van der Waals surface area contributed by atoms with E-state index in [1.165, 1.54) is 5.56 Å². The molecule has 0 spiro atoms. The van der Waals surface area contributed by atoms with E-state index in [-0.39, 0.29) is 17.5 Å². The highest BCUT2D eigenvalue weighted by molar-refractivity contribution is 6.01. The summed E-state index contributed by atoms with van der Waals surface area (Å²) in [7, 11) is 0. The number of hydrogen-bond acceptors (Lipinski definition) is 5. The maximum atomic E-state index is 9.98. The molecular weight excluding hydrogens is 358 g/mol. The summed E-state index contributed by atoms with van der Waals surface area (Å²) in [6.07, 6.45) is 1.96. The maximum Gasteiger partial charge on any atom is 0.203 e. The summed E-state index contributed by atoms with van der Waals surface area (Å²) in [6, 6.07) is 15.0. The fourth-order valence-electron chi connectivity index (χ4n) is 4.70. The molecule has 0 aromatic heterocycles. The van der Waals surface area contributed by atoms with Crippen LogP contribution in [0.2, 0.25) is 0 Å². The molecule has 0 bridgehead atoms. The van der Waals surface area contributed by atoms with Crippen LogP contribution in [0.1, 0.15) is 50.7 Å². The molecule has 1 unspecified atom stereocenters. The van der Waals surface area contributed by atoms with Crippen LogP contribution in [0.5, 0.6) is 0 Å². The van der Waals surface area contributed by atoms with Gasteiger partial charge in [-0.1, -0.05) is 44.2 Å². The number of nitrogens with one attached hydrogen (secondary N) is 1. The normalized spacial score (nSPS) is 26.2. The van der Waals surface area contributed by atoms with E-state index in [0.717, 1.165) is 5.56 Å². The van der Waals surface area contributed by atoms with Gasteiger partial charge in [0.05, 0.1) is 29.8 Å². The zero-order valence-corrected chi connectivity index (χ0v) is 17.5. The predicted octanol–water partition coefficient (Wildman–Crippen LogP) is 4.37. The van der Waals surface area contributed by atoms with Gasteiger partial charge in [-0.15, -0.1) is 0 Å². The summed E-state index contributed by atoms with van der Waals surface area (Å²) < 4.78 is 0. The number of nitrogens with zero attached hydrogens (tertiary/aromatic N) is 4. The van der Waals surface area contributed by atoms with E-state index in [1.54, 1.807) is 0 Å². The van der Waals surface area contributed by atoms with Gasteiger partial charge in [-0.05, 0) is 36.5 Å². The van der Waals surface area contributed by atoms with Crippen LogP contribution in [0.3, 0.4) is 0 Å². The van der Waals surface area contributed by atoms with Crippen LogP contribution in [0.15, 0.2) is 35.9 Å². The van der Waals surface area contributed by atoms with Crippen molar-refractivity contribution in [2.45, 2.75) is 45.6 Å². The Balaban J connectivity index is 2.17. The quantitative estimate of drug-likeness (QED) is 0.781. The molecule has 1 fully saturated rings. The number of rotatable bonds is 3. The summed E-state index contributed by atoms with van der Waals surface area (Å²) in [6.45, 7) is 9.86. The van der Waals surface area contributed by atoms with Crippen LogP contribution < -0.4 is 0 Å². The first-order valence-electron chi connectivity index (χ1n) is 10.2. The lowest BCUT2D eigenvalue weighted by molar-refractivity contribution is 0.175. The van der Waals surface area contributed by atoms with E-state index in [2.05, 4.69) is 75.1 Å². The van der Waals surface area contributed by atoms with Gasteiger partial charge in [-0.25, -0.2) is 0 Å². The minimum Gasteiger partial charge on any atom is -0.305 e. The van der Waals surface area contributed by atoms with E-state index < -0.39 is 11.3 Å². The highest BCUT2D eigenvalue weighted by atomic mass is 15.2. The van der Waals surface area contributed by atoms with Crippen LogP contribution >= 0.6 is 0 Å². The summed E-state index contributed by atoms with van der Waals surface area (Å²) >= 11 is 0. The molecule has 1 aromatic rings. The summed E-state index contributed by atoms with van der Waals surface area (Å²) in [5, 5.41) is 38.5. The Bertz CT molecular complexity index is 935. The minimum absolute atomic E-state index is 0.0802. The van der Waals surface area contributed by atoms with Crippen molar-refractivity contribution >= 4 is 5.71 Å². The molecule has 1 aliphatic carbocycles. The molecule has 148 valence electrons. The zero-order valence-electron chi connectivity index (χ0n) is 17.5. The van der Waals surface area contributed by atoms with Crippen molar-refractivity contribution in [3.8, 4) is 18.2 Å². The first-order chi connectivity index (χ1) is 13.8. The van der Waals surface area contributed by atoms with Gasteiger partial charge in [0.1, 0.15) is 0 Å². The standard InChI is InChI=1S/C24H27N5/c1-15(2)17-5-7-18(8-6-17)22-19(11-25)23(28)24(13-26,14-27)21-9-10-29(16(3)4)12-20(21)22/h5-9,15-16,19-20,22,28H,10,12H2,1-4H3/t19?,20-,22+/m1/s1. The van der Waals surface area contributed by atoms with Gasteiger partial charge in [0.25, 0.3) is 0 Å². The smallest absolute Gasteiger partial charge is 0.203 e. The first-order valence-corrected chi connectivity index (χ1v) is 10.2. The van der Waals surface area contributed by atoms with Crippen molar-refractivity contribution < 1.29 is 0 Å². The molecule has 0 radical (unpaired) electrons. The second-order valence-corrected chi connectivity index (χ2v) is 8.65. The van der Waals surface area contributed by atoms with E-state index in [9.17, 15) is 15.8 Å². The topological polar surface area (TPSA) is 98.5 Å². The first kappa shape index (κ1) is 20.8. The zero-order chi connectivity index (χ0) is 21.3. The molecule has 5 nitrogen and oxygen atoms in total. The lowest BCUT2D eigenvalue weighted by atomic mass is 9.55. The summed E-state index contributed by atoms with van der Waals surface area (Å²) in [5.41, 5.74) is 1.20. The van der Waals surface area contributed by atoms with Crippen LogP contribution in [0.4, 0.5) is 0 Å². The van der Waals surface area contributed by atoms with E-state index in [0.29, 0.717) is 30.6 Å². The molecule has 3 rings (SSSR count). The molecule has 1 aromatic carbocycles. The summed E-state index contributed by atoms with van der Waals surface area (Å²) in [4.78, 5) is 2.30. The molecular formula is C24H27N5. The lowest BCUT2D eigenvalue weighted by Crippen LogP contribution is -2.53. The fraction of sp³-hybridized carbons (Fsp3) is 0.500. The minimum atomic E-state index is -1.64. The Kier molecular flexibility index (Phi) is 5.61. The van der Waals surface area contributed by atoms with Crippen LogP contribution in [-0.2, 0) is 0 Å². The van der Waals surface area contributed by atoms with Gasteiger partial charge in [0, 0.05) is 31.0 Å². The predicted molar refractivity (Wildman–Crippen MR) is 112 cm³/mol. The Morgan fingerprint density at radius 1 is 1.07 bits per heavy atom. The SMILES string of the molecule is CC(C)c1ccc([C@H]2C(C#N)C(=N)C(C#N)(C#N)C3=CCN(C(C)C)C[C@H]32)cc1. The van der Waals surface area contributed by atoms with Crippen molar-refractivity contribution in [2.24, 2.45) is 17.3 Å². The van der Waals surface area contributed by atoms with E-state index >= 15 is 0 Å². The van der Waals surface area contributed by atoms with Crippen molar-refractivity contribution in [2.75, 3.05) is 13.1 Å². The van der Waals surface area contributed by atoms with Crippen LogP contribution in [0, 0.1) is 56.7 Å². The van der Waals surface area contributed by atoms with Gasteiger partial charge < -0.3 is 5.41 Å². The molecule has 1 aliphatic heterocycles. The molecule has 1 saturated carbocycles. The van der Waals surface area contributed by atoms with Crippen molar-refractivity contribution in [1.82, 2.24) is 4.90 Å². The Labute approximate surface area is 173 Å². The Morgan fingerprint density at radius 2 is 1.69 bits per heavy atom. The van der Waals surface area contributed by atoms with Gasteiger partial charge >= 0.3 is 0 Å². The number of benzene rings is 1. The summed E-state index contributed by atoms with van der Waals surface area (Å²) in [5.74, 6) is -0.772. The molecule has 0 amide bonds. The highest BCUT2D eigenvalue weighted by Gasteiger charge is 2.56. The molecule has 1 heterocycles. The molecule has 1 N–H and O–H groups in total. The van der Waals surface area contributed by atoms with E-state index in [4.69, 9.17) is 5.41 Å². The highest BCUT2D eigenvalue weighted by Crippen LogP contribution is 2.52. The number of nitriles is 3. The fourth-order valence-corrected chi connectivity index (χ4v) is 4.70. The van der Waals surface area contributed by atoms with Crippen molar-refractivity contribution in [3.05, 3.63) is 47.0 Å². The number of hydrogen-bond donors (Lipinski definition) is 1. The molecule has 0 saturated heterocycles. The second-order valence-electron chi connectivity index (χ2n) is 8.65. The van der Waals surface area contributed by atoms with Crippen molar-refractivity contribution in [3.63, 3.8) is 0 Å².